The molecule has 0 fully saturated rings. The zero-order chi connectivity index (χ0) is 17.0. The van der Waals surface area contributed by atoms with Gasteiger partial charge in [-0.05, 0) is 35.9 Å². The molecule has 0 aliphatic rings. The van der Waals surface area contributed by atoms with Crippen LogP contribution >= 0.6 is 11.6 Å². The minimum Gasteiger partial charge on any atom is -0.507 e. The fourth-order valence-corrected chi connectivity index (χ4v) is 2.18. The molecular weight excluding hydrogens is 328 g/mol. The molecule has 0 heterocycles. The van der Waals surface area contributed by atoms with Gasteiger partial charge in [-0.15, -0.1) is 0 Å². The molecule has 23 heavy (non-hydrogen) atoms. The topological polar surface area (TPSA) is 49.8 Å². The average Bonchev–Trinajstić information content (AvgIpc) is 2.50. The quantitative estimate of drug-likeness (QED) is 0.896. The van der Waals surface area contributed by atoms with E-state index in [9.17, 15) is 18.7 Å². The van der Waals surface area contributed by atoms with Gasteiger partial charge in [-0.1, -0.05) is 23.7 Å². The summed E-state index contributed by atoms with van der Waals surface area (Å²) in [6.07, 6.45) is 0. The van der Waals surface area contributed by atoms with Crippen LogP contribution in [0.15, 0.2) is 42.5 Å². The van der Waals surface area contributed by atoms with Gasteiger partial charge in [0.25, 0.3) is 5.91 Å². The first kappa shape index (κ1) is 17.0. The number of carbonyl (C=O) groups is 1. The minimum absolute atomic E-state index is 0.0465. The Kier molecular flexibility index (Phi) is 5.39. The van der Waals surface area contributed by atoms with Gasteiger partial charge in [-0.25, -0.2) is 0 Å². The van der Waals surface area contributed by atoms with Gasteiger partial charge in [-0.2, -0.15) is 8.78 Å². The number of halogens is 3. The third-order valence-corrected chi connectivity index (χ3v) is 3.34. The molecular formula is C16H14ClF2NO3. The number of amides is 1. The van der Waals surface area contributed by atoms with E-state index in [1.165, 1.54) is 35.2 Å². The molecule has 2 rings (SSSR count). The monoisotopic (exact) mass is 341 g/mol. The maximum absolute atomic E-state index is 12.3. The van der Waals surface area contributed by atoms with E-state index < -0.39 is 12.5 Å². The number of ether oxygens (including phenoxy) is 1. The first-order chi connectivity index (χ1) is 10.9. The van der Waals surface area contributed by atoms with Gasteiger partial charge in [0.1, 0.15) is 11.5 Å². The van der Waals surface area contributed by atoms with Crippen molar-refractivity contribution in [2.45, 2.75) is 13.2 Å². The maximum atomic E-state index is 12.3. The van der Waals surface area contributed by atoms with E-state index in [2.05, 4.69) is 4.74 Å². The van der Waals surface area contributed by atoms with Crippen molar-refractivity contribution in [3.8, 4) is 11.5 Å². The van der Waals surface area contributed by atoms with Gasteiger partial charge in [0, 0.05) is 18.6 Å². The van der Waals surface area contributed by atoms with E-state index in [1.807, 2.05) is 0 Å². The first-order valence-electron chi connectivity index (χ1n) is 6.64. The number of benzene rings is 2. The molecule has 0 aliphatic carbocycles. The molecule has 2 aromatic carbocycles. The zero-order valence-electron chi connectivity index (χ0n) is 12.2. The van der Waals surface area contributed by atoms with E-state index in [4.69, 9.17) is 11.6 Å². The molecule has 122 valence electrons. The second-order valence-corrected chi connectivity index (χ2v) is 5.28. The van der Waals surface area contributed by atoms with E-state index in [-0.39, 0.29) is 23.6 Å². The Balaban J connectivity index is 2.07. The van der Waals surface area contributed by atoms with E-state index in [0.29, 0.717) is 5.02 Å². The highest BCUT2D eigenvalue weighted by Crippen LogP contribution is 2.23. The summed E-state index contributed by atoms with van der Waals surface area (Å²) in [7, 11) is 1.56. The second-order valence-electron chi connectivity index (χ2n) is 4.85. The third kappa shape index (κ3) is 4.56. The molecule has 0 aliphatic heterocycles. The second kappa shape index (κ2) is 7.28. The molecule has 0 atom stereocenters. The third-order valence-electron chi connectivity index (χ3n) is 3.10. The molecule has 1 amide bonds. The summed E-state index contributed by atoms with van der Waals surface area (Å²) in [6.45, 7) is -2.64. The summed E-state index contributed by atoms with van der Waals surface area (Å²) in [5, 5.41) is 10.1. The van der Waals surface area contributed by atoms with Crippen molar-refractivity contribution in [1.29, 1.82) is 0 Å². The average molecular weight is 342 g/mol. The van der Waals surface area contributed by atoms with Gasteiger partial charge >= 0.3 is 6.61 Å². The normalized spacial score (nSPS) is 10.7. The zero-order valence-corrected chi connectivity index (χ0v) is 12.9. The molecule has 0 bridgehead atoms. The van der Waals surface area contributed by atoms with Crippen LogP contribution in [0.4, 0.5) is 8.78 Å². The fraction of sp³-hybridized carbons (Fsp3) is 0.188. The summed E-state index contributed by atoms with van der Waals surface area (Å²) < 4.78 is 28.4. The van der Waals surface area contributed by atoms with Gasteiger partial charge in [-0.3, -0.25) is 4.79 Å². The molecule has 7 heteroatoms. The molecule has 1 N–H and O–H groups in total. The van der Waals surface area contributed by atoms with Crippen LogP contribution < -0.4 is 4.74 Å². The largest absolute Gasteiger partial charge is 0.507 e. The van der Waals surface area contributed by atoms with Crippen molar-refractivity contribution in [2.24, 2.45) is 0 Å². The van der Waals surface area contributed by atoms with Gasteiger partial charge in [0.15, 0.2) is 0 Å². The van der Waals surface area contributed by atoms with Crippen molar-refractivity contribution >= 4 is 17.5 Å². The van der Waals surface area contributed by atoms with Crippen LogP contribution in [-0.4, -0.2) is 29.6 Å². The lowest BCUT2D eigenvalue weighted by Gasteiger charge is -2.18. The van der Waals surface area contributed by atoms with Crippen LogP contribution in [0.5, 0.6) is 11.5 Å². The molecule has 0 saturated carbocycles. The number of nitrogens with zero attached hydrogens (tertiary/aromatic N) is 1. The van der Waals surface area contributed by atoms with Crippen LogP contribution in [0.1, 0.15) is 15.9 Å². The lowest BCUT2D eigenvalue weighted by Crippen LogP contribution is -2.26. The van der Waals surface area contributed by atoms with Crippen LogP contribution in [0.2, 0.25) is 5.02 Å². The van der Waals surface area contributed by atoms with Crippen LogP contribution in [0.25, 0.3) is 0 Å². The Bertz CT molecular complexity index is 692. The predicted molar refractivity (Wildman–Crippen MR) is 82.0 cm³/mol. The van der Waals surface area contributed by atoms with Gasteiger partial charge < -0.3 is 14.7 Å². The summed E-state index contributed by atoms with van der Waals surface area (Å²) in [4.78, 5) is 13.7. The summed E-state index contributed by atoms with van der Waals surface area (Å²) in [5.41, 5.74) is 0.821. The lowest BCUT2D eigenvalue weighted by atomic mass is 10.1. The smallest absolute Gasteiger partial charge is 0.387 e. The minimum atomic E-state index is -2.88. The van der Waals surface area contributed by atoms with Crippen LogP contribution in [0.3, 0.4) is 0 Å². The molecule has 2 aromatic rings. The molecule has 0 unspecified atom stereocenters. The fourth-order valence-electron chi connectivity index (χ4n) is 2.01. The van der Waals surface area contributed by atoms with E-state index >= 15 is 0 Å². The molecule has 0 spiro atoms. The van der Waals surface area contributed by atoms with E-state index in [0.717, 1.165) is 5.56 Å². The standard InChI is InChI=1S/C16H14ClF2NO3/c1-20(15(22)13-8-11(17)4-7-14(13)21)9-10-2-5-12(6-3-10)23-16(18)19/h2-8,16,21H,9H2,1H3. The number of hydrogen-bond acceptors (Lipinski definition) is 3. The van der Waals surface area contributed by atoms with Crippen molar-refractivity contribution in [3.05, 3.63) is 58.6 Å². The summed E-state index contributed by atoms with van der Waals surface area (Å²) in [5.74, 6) is -0.518. The number of aromatic hydroxyl groups is 1. The number of alkyl halides is 2. The van der Waals surface area contributed by atoms with Crippen molar-refractivity contribution < 1.29 is 23.4 Å². The highest BCUT2D eigenvalue weighted by Gasteiger charge is 2.16. The number of phenols is 1. The van der Waals surface area contributed by atoms with Gasteiger partial charge in [0.05, 0.1) is 5.56 Å². The number of phenolic OH excluding ortho intramolecular Hbond substituents is 1. The Morgan fingerprint density at radius 1 is 1.26 bits per heavy atom. The first-order valence-corrected chi connectivity index (χ1v) is 7.02. The Hall–Kier alpha value is -2.34. The van der Waals surface area contributed by atoms with Crippen LogP contribution in [-0.2, 0) is 6.54 Å². The van der Waals surface area contributed by atoms with Crippen molar-refractivity contribution in [3.63, 3.8) is 0 Å². The molecule has 4 nitrogen and oxygen atoms in total. The van der Waals surface area contributed by atoms with Crippen molar-refractivity contribution in [2.75, 3.05) is 7.05 Å². The van der Waals surface area contributed by atoms with Crippen LogP contribution in [0, 0.1) is 0 Å². The number of hydrogen-bond donors (Lipinski definition) is 1. The number of carbonyl (C=O) groups excluding carboxylic acids is 1. The van der Waals surface area contributed by atoms with Crippen molar-refractivity contribution in [1.82, 2.24) is 4.90 Å². The van der Waals surface area contributed by atoms with Gasteiger partial charge in [0.2, 0.25) is 0 Å². The lowest BCUT2D eigenvalue weighted by molar-refractivity contribution is -0.0498. The SMILES string of the molecule is CN(Cc1ccc(OC(F)F)cc1)C(=O)c1cc(Cl)ccc1O. The molecule has 0 radical (unpaired) electrons. The molecule has 0 aromatic heterocycles. The van der Waals surface area contributed by atoms with E-state index in [1.54, 1.807) is 19.2 Å². The predicted octanol–water partition coefficient (Wildman–Crippen LogP) is 3.92. The maximum Gasteiger partial charge on any atom is 0.387 e. The Labute approximate surface area is 136 Å². The Morgan fingerprint density at radius 3 is 2.52 bits per heavy atom. The Morgan fingerprint density at radius 2 is 1.91 bits per heavy atom. The number of rotatable bonds is 5. The highest BCUT2D eigenvalue weighted by molar-refractivity contribution is 6.31. The summed E-state index contributed by atoms with van der Waals surface area (Å²) in [6, 6.07) is 10.2. The highest BCUT2D eigenvalue weighted by atomic mass is 35.5. The molecule has 0 saturated heterocycles. The summed E-state index contributed by atoms with van der Waals surface area (Å²) >= 11 is 5.83.